The van der Waals surface area contributed by atoms with E-state index in [1.165, 1.54) is 0 Å². The average Bonchev–Trinajstić information content (AvgIpc) is 3.27. The number of hydrogen-bond donors (Lipinski definition) is 2. The van der Waals surface area contributed by atoms with E-state index in [4.69, 9.17) is 9.15 Å². The van der Waals surface area contributed by atoms with E-state index in [-0.39, 0.29) is 17.9 Å². The number of carbonyl (C=O) groups is 1. The summed E-state index contributed by atoms with van der Waals surface area (Å²) in [6.07, 6.45) is 3.68. The molecule has 0 spiro atoms. The fourth-order valence-electron chi connectivity index (χ4n) is 2.76. The molecule has 0 bridgehead atoms. The minimum Gasteiger partial charge on any atom is -0.508 e. The Morgan fingerprint density at radius 1 is 1.25 bits per heavy atom. The van der Waals surface area contributed by atoms with Gasteiger partial charge >= 0.3 is 6.03 Å². The fourth-order valence-corrected chi connectivity index (χ4v) is 2.76. The molecule has 2 heterocycles. The zero-order valence-corrected chi connectivity index (χ0v) is 13.5. The zero-order valence-electron chi connectivity index (χ0n) is 13.5. The molecule has 128 valence electrons. The third kappa shape index (κ3) is 4.29. The Labute approximate surface area is 141 Å². The van der Waals surface area contributed by atoms with E-state index in [9.17, 15) is 9.90 Å². The summed E-state index contributed by atoms with van der Waals surface area (Å²) in [5, 5.41) is 12.9. The average molecular weight is 330 g/mol. The van der Waals surface area contributed by atoms with Crippen LogP contribution >= 0.6 is 0 Å². The van der Waals surface area contributed by atoms with E-state index in [1.54, 1.807) is 35.4 Å². The van der Waals surface area contributed by atoms with Gasteiger partial charge in [0.1, 0.15) is 11.5 Å². The molecule has 24 heavy (non-hydrogen) atoms. The van der Waals surface area contributed by atoms with Gasteiger partial charge in [-0.15, -0.1) is 0 Å². The normalized spacial score (nSPS) is 16.9. The van der Waals surface area contributed by atoms with Crippen LogP contribution in [-0.2, 0) is 17.8 Å². The summed E-state index contributed by atoms with van der Waals surface area (Å²) >= 11 is 0. The lowest BCUT2D eigenvalue weighted by Gasteiger charge is -2.23. The molecule has 0 saturated carbocycles. The minimum atomic E-state index is -0.204. The molecule has 0 radical (unpaired) electrons. The van der Waals surface area contributed by atoms with Crippen LogP contribution in [0.25, 0.3) is 0 Å². The maximum Gasteiger partial charge on any atom is 0.318 e. The Morgan fingerprint density at radius 2 is 2.12 bits per heavy atom. The maximum absolute atomic E-state index is 12.6. The van der Waals surface area contributed by atoms with Crippen molar-refractivity contribution in [3.63, 3.8) is 0 Å². The molecule has 1 aliphatic rings. The minimum absolute atomic E-state index is 0.0875. The van der Waals surface area contributed by atoms with E-state index in [0.717, 1.165) is 19.4 Å². The number of hydrogen-bond acceptors (Lipinski definition) is 4. The van der Waals surface area contributed by atoms with Crippen molar-refractivity contribution < 1.29 is 19.1 Å². The smallest absolute Gasteiger partial charge is 0.318 e. The number of benzene rings is 1. The maximum atomic E-state index is 12.6. The number of phenolic OH excluding ortho intramolecular Hbond substituents is 1. The lowest BCUT2D eigenvalue weighted by atomic mass is 10.2. The van der Waals surface area contributed by atoms with Crippen LogP contribution in [0.5, 0.6) is 5.75 Å². The van der Waals surface area contributed by atoms with Gasteiger partial charge in [-0.25, -0.2) is 4.79 Å². The van der Waals surface area contributed by atoms with Crippen LogP contribution in [0.1, 0.15) is 24.2 Å². The van der Waals surface area contributed by atoms with E-state index < -0.39 is 0 Å². The number of phenols is 1. The molecular formula is C18H22N2O4. The quantitative estimate of drug-likeness (QED) is 0.854. The molecular weight excluding hydrogens is 308 g/mol. The molecule has 3 rings (SSSR count). The molecule has 1 aromatic heterocycles. The predicted molar refractivity (Wildman–Crippen MR) is 88.4 cm³/mol. The highest BCUT2D eigenvalue weighted by Gasteiger charge is 2.20. The molecule has 1 fully saturated rings. The first-order valence-electron chi connectivity index (χ1n) is 8.16. The van der Waals surface area contributed by atoms with E-state index in [0.29, 0.717) is 31.0 Å². The number of furan rings is 1. The highest BCUT2D eigenvalue weighted by molar-refractivity contribution is 5.74. The van der Waals surface area contributed by atoms with E-state index in [1.807, 2.05) is 12.1 Å². The number of nitrogens with one attached hydrogen (secondary N) is 1. The largest absolute Gasteiger partial charge is 0.508 e. The first-order valence-corrected chi connectivity index (χ1v) is 8.16. The van der Waals surface area contributed by atoms with Crippen molar-refractivity contribution in [3.05, 3.63) is 54.0 Å². The zero-order chi connectivity index (χ0) is 16.8. The number of rotatable bonds is 6. The Balaban J connectivity index is 1.66. The van der Waals surface area contributed by atoms with Gasteiger partial charge in [-0.05, 0) is 31.0 Å². The summed E-state index contributed by atoms with van der Waals surface area (Å²) in [7, 11) is 0. The summed E-state index contributed by atoms with van der Waals surface area (Å²) in [4.78, 5) is 14.2. The van der Waals surface area contributed by atoms with Crippen molar-refractivity contribution in [1.29, 1.82) is 0 Å². The monoisotopic (exact) mass is 330 g/mol. The highest BCUT2D eigenvalue weighted by Crippen LogP contribution is 2.19. The van der Waals surface area contributed by atoms with Crippen LogP contribution < -0.4 is 5.32 Å². The van der Waals surface area contributed by atoms with Gasteiger partial charge in [0, 0.05) is 18.7 Å². The number of ether oxygens (including phenoxy) is 1. The number of para-hydroxylation sites is 1. The van der Waals surface area contributed by atoms with Crippen LogP contribution in [0.2, 0.25) is 0 Å². The standard InChI is InChI=1S/C18H22N2O4/c21-17-8-2-1-5-14(17)12-20(13-16-7-4-10-24-16)18(22)19-11-15-6-3-9-23-15/h1-2,4-5,7-8,10,15,21H,3,6,9,11-13H2,(H,19,22)/t15-/m1/s1. The van der Waals surface area contributed by atoms with E-state index in [2.05, 4.69) is 5.32 Å². The predicted octanol–water partition coefficient (Wildman–Crippen LogP) is 2.88. The third-order valence-electron chi connectivity index (χ3n) is 4.07. The summed E-state index contributed by atoms with van der Waals surface area (Å²) in [5.41, 5.74) is 0.691. The summed E-state index contributed by atoms with van der Waals surface area (Å²) in [6.45, 7) is 1.88. The van der Waals surface area contributed by atoms with Crippen LogP contribution in [0, 0.1) is 0 Å². The second kappa shape index (κ2) is 7.88. The molecule has 2 amide bonds. The highest BCUT2D eigenvalue weighted by atomic mass is 16.5. The van der Waals surface area contributed by atoms with Crippen molar-refractivity contribution in [2.45, 2.75) is 32.0 Å². The number of urea groups is 1. The second-order valence-corrected chi connectivity index (χ2v) is 5.89. The van der Waals surface area contributed by atoms with Crippen molar-refractivity contribution in [3.8, 4) is 5.75 Å². The molecule has 1 aromatic carbocycles. The molecule has 2 N–H and O–H groups in total. The van der Waals surface area contributed by atoms with E-state index >= 15 is 0 Å². The van der Waals surface area contributed by atoms with Gasteiger partial charge < -0.3 is 24.5 Å². The first kappa shape index (κ1) is 16.4. The summed E-state index contributed by atoms with van der Waals surface area (Å²) in [6, 6.07) is 10.4. The molecule has 0 unspecified atom stereocenters. The number of carbonyl (C=O) groups excluding carboxylic acids is 1. The molecule has 6 heteroatoms. The fraction of sp³-hybridized carbons (Fsp3) is 0.389. The summed E-state index contributed by atoms with van der Waals surface area (Å²) in [5.74, 6) is 0.867. The Morgan fingerprint density at radius 3 is 2.83 bits per heavy atom. The Bertz CT molecular complexity index is 651. The molecule has 0 aliphatic carbocycles. The van der Waals surface area contributed by atoms with Crippen molar-refractivity contribution in [2.75, 3.05) is 13.2 Å². The molecule has 1 atom stereocenters. The Kier molecular flexibility index (Phi) is 5.38. The van der Waals surface area contributed by atoms with Gasteiger partial charge in [-0.1, -0.05) is 18.2 Å². The molecule has 6 nitrogen and oxygen atoms in total. The van der Waals surface area contributed by atoms with Crippen molar-refractivity contribution in [2.24, 2.45) is 0 Å². The van der Waals surface area contributed by atoms with Gasteiger partial charge in [0.25, 0.3) is 0 Å². The van der Waals surface area contributed by atoms with Crippen LogP contribution in [0.3, 0.4) is 0 Å². The first-order chi connectivity index (χ1) is 11.7. The molecule has 1 aliphatic heterocycles. The van der Waals surface area contributed by atoms with Crippen LogP contribution in [0.4, 0.5) is 4.79 Å². The van der Waals surface area contributed by atoms with Gasteiger partial charge in [-0.3, -0.25) is 0 Å². The van der Waals surface area contributed by atoms with Gasteiger partial charge in [-0.2, -0.15) is 0 Å². The second-order valence-electron chi connectivity index (χ2n) is 5.89. The SMILES string of the molecule is O=C(NC[C@H]1CCCO1)N(Cc1ccco1)Cc1ccccc1O. The van der Waals surface area contributed by atoms with Gasteiger partial charge in [0.15, 0.2) is 0 Å². The number of nitrogens with zero attached hydrogens (tertiary/aromatic N) is 1. The van der Waals surface area contributed by atoms with Crippen molar-refractivity contribution >= 4 is 6.03 Å². The Hall–Kier alpha value is -2.47. The van der Waals surface area contributed by atoms with Crippen LogP contribution in [-0.4, -0.2) is 35.3 Å². The lowest BCUT2D eigenvalue weighted by molar-refractivity contribution is 0.108. The molecule has 2 aromatic rings. The van der Waals surface area contributed by atoms with Gasteiger partial charge in [0.2, 0.25) is 0 Å². The summed E-state index contributed by atoms with van der Waals surface area (Å²) < 4.78 is 10.9. The lowest BCUT2D eigenvalue weighted by Crippen LogP contribution is -2.42. The topological polar surface area (TPSA) is 74.9 Å². The van der Waals surface area contributed by atoms with Crippen LogP contribution in [0.15, 0.2) is 47.1 Å². The van der Waals surface area contributed by atoms with Gasteiger partial charge in [0.05, 0.1) is 25.5 Å². The van der Waals surface area contributed by atoms with Crippen molar-refractivity contribution in [1.82, 2.24) is 10.2 Å². The third-order valence-corrected chi connectivity index (χ3v) is 4.07. The molecule has 1 saturated heterocycles. The number of amides is 2. The number of aromatic hydroxyl groups is 1.